The summed E-state index contributed by atoms with van der Waals surface area (Å²) in [5.74, 6) is 0. The van der Waals surface area contributed by atoms with E-state index in [9.17, 15) is 0 Å². The third-order valence-corrected chi connectivity index (χ3v) is 1.87. The van der Waals surface area contributed by atoms with Gasteiger partial charge in [-0.2, -0.15) is 0 Å². The van der Waals surface area contributed by atoms with Gasteiger partial charge < -0.3 is 5.32 Å². The lowest BCUT2D eigenvalue weighted by atomic mass is 10.6. The van der Waals surface area contributed by atoms with E-state index in [4.69, 9.17) is 23.2 Å². The molecule has 3 heteroatoms. The molecule has 0 aliphatic heterocycles. The molecule has 52 valence electrons. The Hall–Kier alpha value is 0.280. The van der Waals surface area contributed by atoms with Crippen molar-refractivity contribution in [1.82, 2.24) is 5.32 Å². The first-order valence-corrected chi connectivity index (χ1v) is 3.82. The van der Waals surface area contributed by atoms with Crippen LogP contribution in [-0.4, -0.2) is 12.6 Å². The van der Waals surface area contributed by atoms with E-state index in [2.05, 4.69) is 5.32 Å². The fourth-order valence-electron chi connectivity index (χ4n) is 0.568. The Kier molecular flexibility index (Phi) is 2.83. The maximum atomic E-state index is 5.60. The first kappa shape index (κ1) is 7.39. The fraction of sp³-hybridized carbons (Fsp3) is 0.667. The molecule has 0 amide bonds. The largest absolute Gasteiger partial charge is 0.309 e. The highest BCUT2D eigenvalue weighted by Crippen LogP contribution is 2.19. The summed E-state index contributed by atoms with van der Waals surface area (Å²) in [5.41, 5.74) is 1.40. The lowest BCUT2D eigenvalue weighted by molar-refractivity contribution is 0.748. The first-order chi connectivity index (χ1) is 4.33. The van der Waals surface area contributed by atoms with E-state index in [0.29, 0.717) is 11.1 Å². The van der Waals surface area contributed by atoms with Gasteiger partial charge in [-0.05, 0) is 12.8 Å². The molecule has 9 heavy (non-hydrogen) atoms. The fourth-order valence-corrected chi connectivity index (χ4v) is 0.722. The summed E-state index contributed by atoms with van der Waals surface area (Å²) >= 11 is 10.9. The molecular weight excluding hydrogens is 157 g/mol. The van der Waals surface area contributed by atoms with Crippen LogP contribution in [0.1, 0.15) is 12.8 Å². The second-order valence-corrected chi connectivity index (χ2v) is 2.91. The lowest BCUT2D eigenvalue weighted by Gasteiger charge is -1.97. The van der Waals surface area contributed by atoms with Crippen molar-refractivity contribution in [1.29, 1.82) is 0 Å². The number of halogens is 2. The van der Waals surface area contributed by atoms with E-state index in [1.165, 1.54) is 18.4 Å². The first-order valence-electron chi connectivity index (χ1n) is 3.01. The molecular formula is C6H9Cl2N. The van der Waals surface area contributed by atoms with Crippen LogP contribution in [0.15, 0.2) is 10.6 Å². The van der Waals surface area contributed by atoms with E-state index >= 15 is 0 Å². The molecule has 0 aromatic heterocycles. The van der Waals surface area contributed by atoms with E-state index in [1.807, 2.05) is 0 Å². The van der Waals surface area contributed by atoms with E-state index in [0.717, 1.165) is 6.54 Å². The van der Waals surface area contributed by atoms with Crippen LogP contribution in [-0.2, 0) is 0 Å². The van der Waals surface area contributed by atoms with Crippen LogP contribution in [0.25, 0.3) is 0 Å². The summed E-state index contributed by atoms with van der Waals surface area (Å²) < 4.78 is 0. The van der Waals surface area contributed by atoms with E-state index in [-0.39, 0.29) is 0 Å². The predicted molar refractivity (Wildman–Crippen MR) is 40.8 cm³/mol. The third-order valence-electron chi connectivity index (χ3n) is 1.26. The van der Waals surface area contributed by atoms with Gasteiger partial charge in [0.1, 0.15) is 0 Å². The highest BCUT2D eigenvalue weighted by atomic mass is 35.5. The molecule has 0 radical (unpaired) electrons. The Morgan fingerprint density at radius 3 is 2.78 bits per heavy atom. The van der Waals surface area contributed by atoms with E-state index < -0.39 is 0 Å². The molecule has 0 bridgehead atoms. The molecule has 1 N–H and O–H groups in total. The van der Waals surface area contributed by atoms with Crippen LogP contribution >= 0.6 is 23.2 Å². The molecule has 1 fully saturated rings. The maximum absolute atomic E-state index is 5.60. The number of nitrogens with one attached hydrogen (secondary N) is 1. The van der Waals surface area contributed by atoms with Crippen molar-refractivity contribution in [2.45, 2.75) is 18.9 Å². The molecule has 0 unspecified atom stereocenters. The SMILES string of the molecule is ClC=C(Cl)CNC1CC1. The maximum Gasteiger partial charge on any atom is 0.0431 e. The molecule has 0 atom stereocenters. The van der Waals surface area contributed by atoms with Crippen molar-refractivity contribution in [2.24, 2.45) is 0 Å². The van der Waals surface area contributed by atoms with Crippen molar-refractivity contribution < 1.29 is 0 Å². The van der Waals surface area contributed by atoms with Gasteiger partial charge in [-0.1, -0.05) is 23.2 Å². The summed E-state index contributed by atoms with van der Waals surface area (Å²) in [4.78, 5) is 0. The van der Waals surface area contributed by atoms with Gasteiger partial charge in [0.25, 0.3) is 0 Å². The zero-order chi connectivity index (χ0) is 6.69. The van der Waals surface area contributed by atoms with Gasteiger partial charge in [0, 0.05) is 23.2 Å². The Morgan fingerprint density at radius 1 is 1.67 bits per heavy atom. The number of rotatable bonds is 3. The number of hydrogen-bond donors (Lipinski definition) is 1. The van der Waals surface area contributed by atoms with E-state index in [1.54, 1.807) is 0 Å². The second-order valence-electron chi connectivity index (χ2n) is 2.21. The molecule has 1 saturated carbocycles. The van der Waals surface area contributed by atoms with Crippen LogP contribution in [0.3, 0.4) is 0 Å². The van der Waals surface area contributed by atoms with Crippen molar-refractivity contribution in [2.75, 3.05) is 6.54 Å². The zero-order valence-corrected chi connectivity index (χ0v) is 6.54. The molecule has 0 aromatic carbocycles. The van der Waals surface area contributed by atoms with Crippen molar-refractivity contribution >= 4 is 23.2 Å². The Balaban J connectivity index is 2.03. The van der Waals surface area contributed by atoms with Crippen molar-refractivity contribution in [3.63, 3.8) is 0 Å². The topological polar surface area (TPSA) is 12.0 Å². The van der Waals surface area contributed by atoms with Crippen LogP contribution in [0.2, 0.25) is 0 Å². The van der Waals surface area contributed by atoms with Gasteiger partial charge in [-0.3, -0.25) is 0 Å². The lowest BCUT2D eigenvalue weighted by Crippen LogP contribution is -2.17. The van der Waals surface area contributed by atoms with Crippen LogP contribution in [0.5, 0.6) is 0 Å². The van der Waals surface area contributed by atoms with Crippen LogP contribution < -0.4 is 5.32 Å². The van der Waals surface area contributed by atoms with Crippen molar-refractivity contribution in [3.8, 4) is 0 Å². The van der Waals surface area contributed by atoms with Gasteiger partial charge in [0.2, 0.25) is 0 Å². The summed E-state index contributed by atoms with van der Waals surface area (Å²) in [6.45, 7) is 0.718. The molecule has 1 aliphatic rings. The molecule has 0 spiro atoms. The minimum Gasteiger partial charge on any atom is -0.309 e. The van der Waals surface area contributed by atoms with Gasteiger partial charge >= 0.3 is 0 Å². The normalized spacial score (nSPS) is 20.4. The highest BCUT2D eigenvalue weighted by Gasteiger charge is 2.19. The minimum absolute atomic E-state index is 0.684. The summed E-state index contributed by atoms with van der Waals surface area (Å²) in [6, 6.07) is 0.704. The second kappa shape index (κ2) is 3.45. The molecule has 0 heterocycles. The minimum atomic E-state index is 0.684. The molecule has 0 saturated heterocycles. The molecule has 1 rings (SSSR count). The standard InChI is InChI=1S/C6H9Cl2N/c7-3-5(8)4-9-6-1-2-6/h3,6,9H,1-2,4H2. The van der Waals surface area contributed by atoms with Gasteiger partial charge in [0.15, 0.2) is 0 Å². The van der Waals surface area contributed by atoms with Crippen molar-refractivity contribution in [3.05, 3.63) is 10.6 Å². The zero-order valence-electron chi connectivity index (χ0n) is 5.03. The Labute approximate surface area is 65.0 Å². The summed E-state index contributed by atoms with van der Waals surface area (Å²) in [6.07, 6.45) is 2.57. The monoisotopic (exact) mass is 165 g/mol. The third kappa shape index (κ3) is 3.09. The molecule has 1 nitrogen and oxygen atoms in total. The highest BCUT2D eigenvalue weighted by molar-refractivity contribution is 6.36. The van der Waals surface area contributed by atoms with Gasteiger partial charge in [0.05, 0.1) is 0 Å². The number of hydrogen-bond acceptors (Lipinski definition) is 1. The summed E-state index contributed by atoms with van der Waals surface area (Å²) in [5, 5.41) is 3.91. The summed E-state index contributed by atoms with van der Waals surface area (Å²) in [7, 11) is 0. The molecule has 0 aromatic rings. The van der Waals surface area contributed by atoms with Crippen LogP contribution in [0, 0.1) is 0 Å². The average molecular weight is 166 g/mol. The Morgan fingerprint density at radius 2 is 2.33 bits per heavy atom. The quantitative estimate of drug-likeness (QED) is 0.676. The van der Waals surface area contributed by atoms with Gasteiger partial charge in [-0.25, -0.2) is 0 Å². The van der Waals surface area contributed by atoms with Gasteiger partial charge in [-0.15, -0.1) is 0 Å². The van der Waals surface area contributed by atoms with Crippen LogP contribution in [0.4, 0.5) is 0 Å². The smallest absolute Gasteiger partial charge is 0.0431 e. The molecule has 1 aliphatic carbocycles. The Bertz CT molecular complexity index is 118. The average Bonchev–Trinajstić information content (AvgIpc) is 2.65. The predicted octanol–water partition coefficient (Wildman–Crippen LogP) is 2.06.